The molecular weight excluding hydrogens is 154 g/mol. The minimum absolute atomic E-state index is 0. The van der Waals surface area contributed by atoms with Crippen molar-refractivity contribution in [2.24, 2.45) is 0 Å². The van der Waals surface area contributed by atoms with E-state index in [4.69, 9.17) is 13.6 Å². The monoisotopic (exact) mass is 154 g/mol. The molecule has 0 fully saturated rings. The Hall–Kier alpha value is 0.297. The maximum atomic E-state index is 10.7. The second-order valence-electron chi connectivity index (χ2n) is 0.921. The molecule has 0 rings (SSSR count). The molecule has 0 aromatic heterocycles. The summed E-state index contributed by atoms with van der Waals surface area (Å²) in [6.45, 7) is 0. The summed E-state index contributed by atoms with van der Waals surface area (Å²) in [5.74, 6) is 0. The number of hydrogen-bond donors (Lipinski definition) is 0. The minimum Gasteiger partial charge on any atom is -0.674 e. The molecule has 0 amide bonds. The predicted octanol–water partition coefficient (Wildman–Crippen LogP) is -2.32. The number of alkyl halides is 3. The van der Waals surface area contributed by atoms with Crippen LogP contribution in [0.25, 0.3) is 5.14 Å². The molecule has 1 radical (unpaired) electrons. The van der Waals surface area contributed by atoms with E-state index in [1.165, 1.54) is 0 Å². The molecular formula is CF3LiNO2S. The Morgan fingerprint density at radius 3 is 1.33 bits per heavy atom. The van der Waals surface area contributed by atoms with E-state index in [9.17, 15) is 13.2 Å². The second-order valence-corrected chi connectivity index (χ2v) is 2.33. The van der Waals surface area contributed by atoms with Gasteiger partial charge in [-0.2, -0.15) is 13.2 Å². The Morgan fingerprint density at radius 1 is 1.22 bits per heavy atom. The topological polar surface area (TPSA) is 56.4 Å². The molecule has 0 saturated heterocycles. The third-order valence-electron chi connectivity index (χ3n) is 0.292. The van der Waals surface area contributed by atoms with Crippen LogP contribution in [0.2, 0.25) is 0 Å². The van der Waals surface area contributed by atoms with Gasteiger partial charge in [-0.25, -0.2) is 8.42 Å². The fraction of sp³-hybridized carbons (Fsp3) is 1.00. The zero-order valence-electron chi connectivity index (χ0n) is 4.31. The molecule has 0 aliphatic carbocycles. The first kappa shape index (κ1) is 12.0. The summed E-state index contributed by atoms with van der Waals surface area (Å²) in [5.41, 5.74) is -5.53. The summed E-state index contributed by atoms with van der Waals surface area (Å²) in [7, 11) is -5.84. The van der Waals surface area contributed by atoms with Gasteiger partial charge in [-0.05, 0) is 0 Å². The first-order valence-corrected chi connectivity index (χ1v) is 2.73. The van der Waals surface area contributed by atoms with Gasteiger partial charge in [0.25, 0.3) is 0 Å². The van der Waals surface area contributed by atoms with E-state index in [2.05, 4.69) is 0 Å². The molecule has 0 unspecified atom stereocenters. The zero-order valence-corrected chi connectivity index (χ0v) is 5.12. The summed E-state index contributed by atoms with van der Waals surface area (Å²) >= 11 is 0. The number of nitrogens with zero attached hydrogens (tertiary/aromatic N) is 1. The minimum atomic E-state index is -5.84. The number of hydrogen-bond acceptors (Lipinski definition) is 2. The van der Waals surface area contributed by atoms with Crippen LogP contribution in [-0.2, 0) is 10.0 Å². The summed E-state index contributed by atoms with van der Waals surface area (Å²) < 4.78 is 50.3. The first-order valence-electron chi connectivity index (χ1n) is 1.29. The van der Waals surface area contributed by atoms with E-state index in [1.807, 2.05) is 0 Å². The van der Waals surface area contributed by atoms with Gasteiger partial charge in [0, 0.05) is 0 Å². The molecule has 9 heavy (non-hydrogen) atoms. The van der Waals surface area contributed by atoms with Gasteiger partial charge < -0.3 is 5.14 Å². The molecule has 0 spiro atoms. The van der Waals surface area contributed by atoms with Crippen LogP contribution in [-0.4, -0.2) is 13.9 Å². The molecule has 0 aliphatic heterocycles. The Morgan fingerprint density at radius 2 is 1.33 bits per heavy atom. The normalized spacial score (nSPS) is 12.4. The SMILES string of the molecule is [Li+].[N-]S(=O)(=O)C(F)(F)F. The van der Waals surface area contributed by atoms with Crippen LogP contribution in [0, 0.1) is 0 Å². The van der Waals surface area contributed by atoms with Crippen molar-refractivity contribution in [3.05, 3.63) is 5.14 Å². The van der Waals surface area contributed by atoms with Crippen molar-refractivity contribution in [3.8, 4) is 0 Å². The van der Waals surface area contributed by atoms with Crippen molar-refractivity contribution in [1.82, 2.24) is 0 Å². The Bertz CT molecular complexity index is 171. The number of halogens is 3. The Labute approximate surface area is 61.6 Å². The molecule has 8 heteroatoms. The van der Waals surface area contributed by atoms with Crippen LogP contribution in [0.15, 0.2) is 0 Å². The van der Waals surface area contributed by atoms with Crippen LogP contribution in [0.1, 0.15) is 0 Å². The van der Waals surface area contributed by atoms with E-state index >= 15 is 0 Å². The van der Waals surface area contributed by atoms with E-state index < -0.39 is 15.5 Å². The van der Waals surface area contributed by atoms with E-state index in [1.54, 1.807) is 0 Å². The third kappa shape index (κ3) is 3.81. The van der Waals surface area contributed by atoms with Crippen LogP contribution in [0.4, 0.5) is 13.2 Å². The van der Waals surface area contributed by atoms with Crippen molar-refractivity contribution in [3.63, 3.8) is 0 Å². The van der Waals surface area contributed by atoms with Crippen LogP contribution in [0.3, 0.4) is 0 Å². The third-order valence-corrected chi connectivity index (χ3v) is 0.877. The average molecular weight is 154 g/mol. The second kappa shape index (κ2) is 2.92. The van der Waals surface area contributed by atoms with Gasteiger partial charge in [-0.3, -0.25) is 0 Å². The Balaban J connectivity index is 0. The van der Waals surface area contributed by atoms with Gasteiger partial charge in [0.2, 0.25) is 0 Å². The van der Waals surface area contributed by atoms with Gasteiger partial charge in [-0.1, -0.05) is 0 Å². The zero-order chi connectivity index (χ0) is 7.00. The van der Waals surface area contributed by atoms with Crippen molar-refractivity contribution >= 4 is 10.0 Å². The van der Waals surface area contributed by atoms with E-state index in [0.29, 0.717) is 0 Å². The van der Waals surface area contributed by atoms with Crippen molar-refractivity contribution < 1.29 is 40.4 Å². The van der Waals surface area contributed by atoms with Crippen LogP contribution >= 0.6 is 0 Å². The van der Waals surface area contributed by atoms with E-state index in [-0.39, 0.29) is 18.9 Å². The fourth-order valence-electron chi connectivity index (χ4n) is 0. The predicted molar refractivity (Wildman–Crippen MR) is 18.3 cm³/mol. The Kier molecular flexibility index (Phi) is 3.90. The molecule has 0 bridgehead atoms. The summed E-state index contributed by atoms with van der Waals surface area (Å²) in [5, 5.41) is 7.20. The maximum Gasteiger partial charge on any atom is 1.00 e. The smallest absolute Gasteiger partial charge is 0.674 e. The standard InChI is InChI=1S/CF3NO2S.Li/c2-1(3,4)8(5,6)7;/q-1;+1. The molecule has 0 saturated carbocycles. The maximum absolute atomic E-state index is 10.7. The van der Waals surface area contributed by atoms with Gasteiger partial charge in [-0.15, -0.1) is 0 Å². The molecule has 0 aromatic rings. The van der Waals surface area contributed by atoms with Gasteiger partial charge in [0.05, 0.1) is 0 Å². The molecule has 3 nitrogen and oxygen atoms in total. The largest absolute Gasteiger partial charge is 1.00 e. The van der Waals surface area contributed by atoms with Gasteiger partial charge >= 0.3 is 24.4 Å². The molecule has 0 heterocycles. The number of sulfonamides is 1. The quantitative estimate of drug-likeness (QED) is 0.367. The van der Waals surface area contributed by atoms with Crippen molar-refractivity contribution in [2.75, 3.05) is 0 Å². The number of rotatable bonds is 0. The molecule has 49 valence electrons. The van der Waals surface area contributed by atoms with Gasteiger partial charge in [0.15, 0.2) is 10.0 Å². The average Bonchev–Trinajstić information content (AvgIpc) is 1.25. The van der Waals surface area contributed by atoms with Crippen molar-refractivity contribution in [1.29, 1.82) is 0 Å². The van der Waals surface area contributed by atoms with Crippen molar-refractivity contribution in [2.45, 2.75) is 5.51 Å². The summed E-state index contributed by atoms with van der Waals surface area (Å²) in [4.78, 5) is 0. The molecule has 0 N–H and O–H groups in total. The van der Waals surface area contributed by atoms with Gasteiger partial charge in [0.1, 0.15) is 0 Å². The first-order chi connectivity index (χ1) is 3.25. The van der Waals surface area contributed by atoms with E-state index in [0.717, 1.165) is 0 Å². The van der Waals surface area contributed by atoms with Crippen LogP contribution in [0.5, 0.6) is 0 Å². The molecule has 0 atom stereocenters. The molecule has 0 aromatic carbocycles. The molecule has 0 aliphatic rings. The fourth-order valence-corrected chi connectivity index (χ4v) is 0. The summed E-state index contributed by atoms with van der Waals surface area (Å²) in [6, 6.07) is 0. The summed E-state index contributed by atoms with van der Waals surface area (Å²) in [6.07, 6.45) is 0. The van der Waals surface area contributed by atoms with Crippen LogP contribution < -0.4 is 18.9 Å².